The van der Waals surface area contributed by atoms with Gasteiger partial charge in [0.1, 0.15) is 0 Å². The smallest absolute Gasteiger partial charge is 0.188 e. The zero-order chi connectivity index (χ0) is 15.4. The number of hydrogen-bond acceptors (Lipinski definition) is 4. The fraction of sp³-hybridized carbons (Fsp3) is 0.235. The molecule has 0 saturated carbocycles. The zero-order valence-corrected chi connectivity index (χ0v) is 13.5. The van der Waals surface area contributed by atoms with E-state index < -0.39 is 0 Å². The molecule has 1 heterocycles. The van der Waals surface area contributed by atoms with E-state index in [1.54, 1.807) is 11.8 Å². The van der Waals surface area contributed by atoms with Gasteiger partial charge in [-0.3, -0.25) is 0 Å². The van der Waals surface area contributed by atoms with Crippen molar-refractivity contribution in [2.45, 2.75) is 25.4 Å². The maximum Gasteiger partial charge on any atom is 0.214 e. The van der Waals surface area contributed by atoms with Crippen LogP contribution in [0.1, 0.15) is 16.7 Å². The minimum absolute atomic E-state index is 0.833. The molecule has 0 N–H and O–H groups in total. The van der Waals surface area contributed by atoms with Crippen LogP contribution in [0.3, 0.4) is 0 Å². The summed E-state index contributed by atoms with van der Waals surface area (Å²) in [5, 5.41) is 12.9. The number of benzene rings is 2. The Kier molecular flexibility index (Phi) is 4.53. The highest BCUT2D eigenvalue weighted by molar-refractivity contribution is 7.99. The van der Waals surface area contributed by atoms with Crippen molar-refractivity contribution in [1.82, 2.24) is 20.2 Å². The fourth-order valence-electron chi connectivity index (χ4n) is 2.19. The van der Waals surface area contributed by atoms with E-state index in [1.807, 2.05) is 10.7 Å². The quantitative estimate of drug-likeness (QED) is 0.675. The topological polar surface area (TPSA) is 43.6 Å². The lowest BCUT2D eigenvalue weighted by Crippen LogP contribution is -2.01. The van der Waals surface area contributed by atoms with Crippen LogP contribution in [-0.4, -0.2) is 26.0 Å². The highest BCUT2D eigenvalue weighted by Gasteiger charge is 2.09. The summed E-state index contributed by atoms with van der Waals surface area (Å²) in [5.74, 6) is 0.954. The van der Waals surface area contributed by atoms with Gasteiger partial charge < -0.3 is 0 Å². The Morgan fingerprint density at radius 3 is 2.59 bits per heavy atom. The van der Waals surface area contributed by atoms with Crippen LogP contribution in [0.25, 0.3) is 5.69 Å². The molecule has 112 valence electrons. The lowest BCUT2D eigenvalue weighted by Gasteiger charge is -2.07. The standard InChI is InChI=1S/C17H18N4S/c1-13-8-9-16(12-14(13)2)21-17(18-19-20-21)22-11-10-15-6-4-3-5-7-15/h3-9,12H,10-11H2,1-2H3. The van der Waals surface area contributed by atoms with Crippen molar-refractivity contribution in [3.05, 3.63) is 65.2 Å². The number of rotatable bonds is 5. The van der Waals surface area contributed by atoms with Crippen LogP contribution < -0.4 is 0 Å². The first-order chi connectivity index (χ1) is 10.7. The van der Waals surface area contributed by atoms with Crippen molar-refractivity contribution in [2.75, 3.05) is 5.75 Å². The third kappa shape index (κ3) is 3.36. The van der Waals surface area contributed by atoms with Crippen molar-refractivity contribution >= 4 is 11.8 Å². The largest absolute Gasteiger partial charge is 0.214 e. The number of aryl methyl sites for hydroxylation is 3. The van der Waals surface area contributed by atoms with Crippen LogP contribution in [0.4, 0.5) is 0 Å². The molecule has 2 aromatic carbocycles. The molecule has 3 aromatic rings. The van der Waals surface area contributed by atoms with Gasteiger partial charge in [0.05, 0.1) is 5.69 Å². The van der Waals surface area contributed by atoms with E-state index in [9.17, 15) is 0 Å². The number of hydrogen-bond donors (Lipinski definition) is 0. The summed E-state index contributed by atoms with van der Waals surface area (Å²) in [7, 11) is 0. The first-order valence-corrected chi connectivity index (χ1v) is 8.25. The van der Waals surface area contributed by atoms with E-state index in [4.69, 9.17) is 0 Å². The van der Waals surface area contributed by atoms with Crippen molar-refractivity contribution in [3.63, 3.8) is 0 Å². The molecule has 1 aromatic heterocycles. The minimum atomic E-state index is 0.833. The van der Waals surface area contributed by atoms with E-state index in [1.165, 1.54) is 16.7 Å². The van der Waals surface area contributed by atoms with Gasteiger partial charge in [-0.05, 0) is 59.5 Å². The summed E-state index contributed by atoms with van der Waals surface area (Å²) in [5.41, 5.74) is 4.86. The Morgan fingerprint density at radius 2 is 1.82 bits per heavy atom. The van der Waals surface area contributed by atoms with Crippen LogP contribution in [-0.2, 0) is 6.42 Å². The van der Waals surface area contributed by atoms with Crippen molar-refractivity contribution < 1.29 is 0 Å². The molecule has 0 fully saturated rings. The van der Waals surface area contributed by atoms with Gasteiger partial charge in [-0.2, -0.15) is 4.68 Å². The summed E-state index contributed by atoms with van der Waals surface area (Å²) in [6, 6.07) is 16.7. The molecule has 0 atom stereocenters. The predicted molar refractivity (Wildman–Crippen MR) is 89.5 cm³/mol. The van der Waals surface area contributed by atoms with Gasteiger partial charge in [0, 0.05) is 5.75 Å². The van der Waals surface area contributed by atoms with Gasteiger partial charge in [-0.1, -0.05) is 48.2 Å². The normalized spacial score (nSPS) is 10.8. The molecule has 0 radical (unpaired) electrons. The second kappa shape index (κ2) is 6.75. The Hall–Kier alpha value is -2.14. The molecule has 3 rings (SSSR count). The van der Waals surface area contributed by atoms with E-state index in [0.717, 1.165) is 23.0 Å². The van der Waals surface area contributed by atoms with Gasteiger partial charge in [0.25, 0.3) is 0 Å². The Morgan fingerprint density at radius 1 is 1.00 bits per heavy atom. The molecule has 0 aliphatic carbocycles. The Balaban J connectivity index is 1.71. The molecule has 0 bridgehead atoms. The summed E-state index contributed by atoms with van der Waals surface area (Å²) in [4.78, 5) is 0. The lowest BCUT2D eigenvalue weighted by atomic mass is 10.1. The van der Waals surface area contributed by atoms with Gasteiger partial charge in [0.15, 0.2) is 0 Å². The molecule has 0 unspecified atom stereocenters. The van der Waals surface area contributed by atoms with Gasteiger partial charge in [0.2, 0.25) is 5.16 Å². The van der Waals surface area contributed by atoms with E-state index in [-0.39, 0.29) is 0 Å². The molecule has 0 amide bonds. The van der Waals surface area contributed by atoms with E-state index in [2.05, 4.69) is 71.8 Å². The first kappa shape index (κ1) is 14.8. The van der Waals surface area contributed by atoms with Crippen molar-refractivity contribution in [3.8, 4) is 5.69 Å². The highest BCUT2D eigenvalue weighted by Crippen LogP contribution is 2.21. The van der Waals surface area contributed by atoms with Crippen LogP contribution in [0.15, 0.2) is 53.7 Å². The predicted octanol–water partition coefficient (Wildman–Crippen LogP) is 3.61. The molecular formula is C17H18N4S. The summed E-state index contributed by atoms with van der Waals surface area (Å²) in [6.45, 7) is 4.21. The molecule has 0 aliphatic rings. The van der Waals surface area contributed by atoms with Crippen LogP contribution >= 0.6 is 11.8 Å². The maximum absolute atomic E-state index is 4.14. The molecule has 0 saturated heterocycles. The Labute approximate surface area is 134 Å². The maximum atomic E-state index is 4.14. The number of nitrogens with zero attached hydrogens (tertiary/aromatic N) is 4. The number of thioether (sulfide) groups is 1. The van der Waals surface area contributed by atoms with Crippen LogP contribution in [0, 0.1) is 13.8 Å². The average Bonchev–Trinajstić information content (AvgIpc) is 3.00. The van der Waals surface area contributed by atoms with Gasteiger partial charge in [-0.25, -0.2) is 0 Å². The van der Waals surface area contributed by atoms with E-state index in [0.29, 0.717) is 0 Å². The molecule has 4 nitrogen and oxygen atoms in total. The zero-order valence-electron chi connectivity index (χ0n) is 12.7. The second-order valence-corrected chi connectivity index (χ2v) is 6.29. The van der Waals surface area contributed by atoms with Crippen molar-refractivity contribution in [1.29, 1.82) is 0 Å². The minimum Gasteiger partial charge on any atom is -0.188 e. The molecular weight excluding hydrogens is 292 g/mol. The van der Waals surface area contributed by atoms with Crippen LogP contribution in [0.5, 0.6) is 0 Å². The van der Waals surface area contributed by atoms with Crippen molar-refractivity contribution in [2.24, 2.45) is 0 Å². The van der Waals surface area contributed by atoms with Crippen LogP contribution in [0.2, 0.25) is 0 Å². The number of tetrazole rings is 1. The lowest BCUT2D eigenvalue weighted by molar-refractivity contribution is 0.755. The fourth-order valence-corrected chi connectivity index (χ4v) is 3.07. The second-order valence-electron chi connectivity index (χ2n) is 5.23. The SMILES string of the molecule is Cc1ccc(-n2nnnc2SCCc2ccccc2)cc1C. The molecule has 5 heteroatoms. The first-order valence-electron chi connectivity index (χ1n) is 7.27. The summed E-state index contributed by atoms with van der Waals surface area (Å²) >= 11 is 1.68. The monoisotopic (exact) mass is 310 g/mol. The van der Waals surface area contributed by atoms with Gasteiger partial charge in [-0.15, -0.1) is 5.10 Å². The average molecular weight is 310 g/mol. The Bertz CT molecular complexity index is 752. The molecule has 0 spiro atoms. The van der Waals surface area contributed by atoms with E-state index >= 15 is 0 Å². The summed E-state index contributed by atoms with van der Waals surface area (Å²) < 4.78 is 1.81. The third-order valence-electron chi connectivity index (χ3n) is 3.64. The summed E-state index contributed by atoms with van der Waals surface area (Å²) in [6.07, 6.45) is 1.01. The number of aromatic nitrogens is 4. The molecule has 22 heavy (non-hydrogen) atoms. The molecule has 0 aliphatic heterocycles. The highest BCUT2D eigenvalue weighted by atomic mass is 32.2. The third-order valence-corrected chi connectivity index (χ3v) is 4.56. The van der Waals surface area contributed by atoms with Gasteiger partial charge >= 0.3 is 0 Å².